The van der Waals surface area contributed by atoms with Gasteiger partial charge in [-0.05, 0) is 48.7 Å². The monoisotopic (exact) mass is 456 g/mol. The highest BCUT2D eigenvalue weighted by Gasteiger charge is 2.27. The zero-order valence-electron chi connectivity index (χ0n) is 18.6. The van der Waals surface area contributed by atoms with Crippen molar-refractivity contribution >= 4 is 17.7 Å². The van der Waals surface area contributed by atoms with Crippen molar-refractivity contribution < 1.29 is 9.18 Å². The largest absolute Gasteiger partial charge is 0.341 e. The minimum Gasteiger partial charge on any atom is -0.341 e. The first kappa shape index (κ1) is 21.8. The van der Waals surface area contributed by atoms with E-state index in [0.29, 0.717) is 36.8 Å². The zero-order valence-corrected chi connectivity index (χ0v) is 18.6. The Kier molecular flexibility index (Phi) is 6.29. The molecular weight excluding hydrogens is 431 g/mol. The molecule has 0 atom stereocenters. The first-order valence-corrected chi connectivity index (χ1v) is 11.4. The first-order valence-electron chi connectivity index (χ1n) is 11.4. The number of rotatable bonds is 6. The summed E-state index contributed by atoms with van der Waals surface area (Å²) in [5.41, 5.74) is 2.47. The van der Waals surface area contributed by atoms with Crippen LogP contribution in [0.2, 0.25) is 0 Å². The lowest BCUT2D eigenvalue weighted by Gasteiger charge is -2.31. The van der Waals surface area contributed by atoms with Crippen molar-refractivity contribution in [3.8, 4) is 11.3 Å². The minimum atomic E-state index is -0.313. The number of imidazole rings is 1. The number of nitrogens with one attached hydrogen (secondary N) is 1. The number of anilines is 2. The lowest BCUT2D eigenvalue weighted by Crippen LogP contribution is -2.39. The number of halogens is 1. The molecule has 2 aromatic carbocycles. The molecule has 1 fully saturated rings. The third-order valence-corrected chi connectivity index (χ3v) is 6.09. The molecule has 1 saturated heterocycles. The third kappa shape index (κ3) is 4.80. The fourth-order valence-corrected chi connectivity index (χ4v) is 4.25. The zero-order chi connectivity index (χ0) is 23.3. The number of carbonyl (C=O) groups excluding carboxylic acids is 1. The third-order valence-electron chi connectivity index (χ3n) is 6.09. The molecule has 1 aliphatic rings. The van der Waals surface area contributed by atoms with Crippen molar-refractivity contribution in [2.75, 3.05) is 23.3 Å². The van der Waals surface area contributed by atoms with Gasteiger partial charge in [0, 0.05) is 37.0 Å². The highest BCUT2D eigenvalue weighted by atomic mass is 19.1. The molecule has 3 heterocycles. The quantitative estimate of drug-likeness (QED) is 0.466. The molecule has 0 bridgehead atoms. The van der Waals surface area contributed by atoms with Crippen LogP contribution < -0.4 is 10.2 Å². The van der Waals surface area contributed by atoms with Gasteiger partial charge in [0.05, 0.1) is 12.9 Å². The number of amides is 1. The van der Waals surface area contributed by atoms with Crippen LogP contribution in [-0.2, 0) is 11.3 Å². The van der Waals surface area contributed by atoms with Crippen molar-refractivity contribution in [2.45, 2.75) is 19.4 Å². The summed E-state index contributed by atoms with van der Waals surface area (Å²) in [7, 11) is 0. The van der Waals surface area contributed by atoms with E-state index in [1.165, 1.54) is 12.1 Å². The van der Waals surface area contributed by atoms with E-state index in [9.17, 15) is 9.18 Å². The second kappa shape index (κ2) is 9.82. The molecule has 7 nitrogen and oxygen atoms in total. The molecule has 1 amide bonds. The number of benzene rings is 2. The second-order valence-corrected chi connectivity index (χ2v) is 8.36. The van der Waals surface area contributed by atoms with Gasteiger partial charge in [-0.1, -0.05) is 30.3 Å². The fourth-order valence-electron chi connectivity index (χ4n) is 4.25. The van der Waals surface area contributed by atoms with Gasteiger partial charge in [0.25, 0.3) is 0 Å². The van der Waals surface area contributed by atoms with Crippen LogP contribution in [0.1, 0.15) is 18.4 Å². The maximum atomic E-state index is 13.5. The molecule has 0 saturated carbocycles. The van der Waals surface area contributed by atoms with E-state index < -0.39 is 0 Å². The number of carbonyl (C=O) groups is 1. The van der Waals surface area contributed by atoms with Crippen LogP contribution in [0.15, 0.2) is 79.4 Å². The smallest absolute Gasteiger partial charge is 0.228 e. The van der Waals surface area contributed by atoms with Gasteiger partial charge in [-0.25, -0.2) is 19.3 Å². The number of piperidine rings is 1. The van der Waals surface area contributed by atoms with Crippen molar-refractivity contribution in [1.82, 2.24) is 19.5 Å². The lowest BCUT2D eigenvalue weighted by atomic mass is 9.96. The van der Waals surface area contributed by atoms with Gasteiger partial charge >= 0.3 is 0 Å². The molecule has 8 heteroatoms. The van der Waals surface area contributed by atoms with Crippen molar-refractivity contribution in [3.05, 3.63) is 90.8 Å². The summed E-state index contributed by atoms with van der Waals surface area (Å²) >= 11 is 0. The van der Waals surface area contributed by atoms with Crippen molar-refractivity contribution in [2.24, 2.45) is 5.92 Å². The SMILES string of the molecule is O=C(Nc1c(-c2ccc(F)cc2)ncn1Cc1ccccc1)C1CCN(c2ncccn2)CC1. The molecule has 0 unspecified atom stereocenters. The molecule has 1 aliphatic heterocycles. The van der Waals surface area contributed by atoms with E-state index >= 15 is 0 Å². The Morgan fingerprint density at radius 3 is 2.35 bits per heavy atom. The van der Waals surface area contributed by atoms with Crippen molar-refractivity contribution in [1.29, 1.82) is 0 Å². The predicted octanol–water partition coefficient (Wildman–Crippen LogP) is 4.38. The van der Waals surface area contributed by atoms with Crippen LogP contribution in [0.3, 0.4) is 0 Å². The Morgan fingerprint density at radius 1 is 0.941 bits per heavy atom. The Morgan fingerprint density at radius 2 is 1.65 bits per heavy atom. The summed E-state index contributed by atoms with van der Waals surface area (Å²) in [6.07, 6.45) is 6.60. The maximum absolute atomic E-state index is 13.5. The minimum absolute atomic E-state index is 0.0354. The summed E-state index contributed by atoms with van der Waals surface area (Å²) in [5, 5.41) is 3.13. The second-order valence-electron chi connectivity index (χ2n) is 8.36. The van der Waals surface area contributed by atoms with Gasteiger partial charge in [-0.3, -0.25) is 4.79 Å². The Hall–Kier alpha value is -4.07. The van der Waals surface area contributed by atoms with Crippen LogP contribution in [0.4, 0.5) is 16.2 Å². The van der Waals surface area contributed by atoms with E-state index in [4.69, 9.17) is 0 Å². The summed E-state index contributed by atoms with van der Waals surface area (Å²) in [6, 6.07) is 18.0. The van der Waals surface area contributed by atoms with Gasteiger partial charge in [0.15, 0.2) is 0 Å². The molecule has 34 heavy (non-hydrogen) atoms. The summed E-state index contributed by atoms with van der Waals surface area (Å²) in [5.74, 6) is 0.843. The molecule has 5 rings (SSSR count). The average molecular weight is 457 g/mol. The topological polar surface area (TPSA) is 75.9 Å². The molecule has 0 radical (unpaired) electrons. The fraction of sp³-hybridized carbons (Fsp3) is 0.231. The average Bonchev–Trinajstić information content (AvgIpc) is 3.27. The molecule has 2 aromatic heterocycles. The van der Waals surface area contributed by atoms with Gasteiger partial charge in [-0.2, -0.15) is 0 Å². The Balaban J connectivity index is 1.35. The van der Waals surface area contributed by atoms with Crippen molar-refractivity contribution in [3.63, 3.8) is 0 Å². The summed E-state index contributed by atoms with van der Waals surface area (Å²) < 4.78 is 15.4. The van der Waals surface area contributed by atoms with Gasteiger partial charge in [0.2, 0.25) is 11.9 Å². The van der Waals surface area contributed by atoms with Crippen LogP contribution >= 0.6 is 0 Å². The number of hydrogen-bond acceptors (Lipinski definition) is 5. The van der Waals surface area contributed by atoms with E-state index in [1.54, 1.807) is 36.9 Å². The molecule has 172 valence electrons. The Labute approximate surface area is 197 Å². The molecular formula is C26H25FN6O. The van der Waals surface area contributed by atoms with Crippen LogP contribution in [0, 0.1) is 11.7 Å². The number of aromatic nitrogens is 4. The predicted molar refractivity (Wildman–Crippen MR) is 129 cm³/mol. The normalized spacial score (nSPS) is 14.2. The number of hydrogen-bond donors (Lipinski definition) is 1. The first-order chi connectivity index (χ1) is 16.7. The van der Waals surface area contributed by atoms with E-state index in [2.05, 4.69) is 25.2 Å². The number of nitrogens with zero attached hydrogens (tertiary/aromatic N) is 5. The summed E-state index contributed by atoms with van der Waals surface area (Å²) in [4.78, 5) is 28.6. The van der Waals surface area contributed by atoms with Gasteiger partial charge in [-0.15, -0.1) is 0 Å². The Bertz CT molecular complexity index is 1240. The molecule has 0 spiro atoms. The van der Waals surface area contributed by atoms with E-state index in [1.807, 2.05) is 34.9 Å². The van der Waals surface area contributed by atoms with Crippen LogP contribution in [0.25, 0.3) is 11.3 Å². The van der Waals surface area contributed by atoms with Gasteiger partial charge in [0.1, 0.15) is 17.3 Å². The molecule has 1 N–H and O–H groups in total. The lowest BCUT2D eigenvalue weighted by molar-refractivity contribution is -0.120. The van der Waals surface area contributed by atoms with E-state index in [-0.39, 0.29) is 17.6 Å². The molecule has 4 aromatic rings. The highest BCUT2D eigenvalue weighted by molar-refractivity contribution is 5.95. The van der Waals surface area contributed by atoms with Gasteiger partial charge < -0.3 is 14.8 Å². The summed E-state index contributed by atoms with van der Waals surface area (Å²) in [6.45, 7) is 2.00. The van der Waals surface area contributed by atoms with Crippen LogP contribution in [0.5, 0.6) is 0 Å². The van der Waals surface area contributed by atoms with E-state index in [0.717, 1.165) is 24.2 Å². The molecule has 0 aliphatic carbocycles. The van der Waals surface area contributed by atoms with Crippen LogP contribution in [-0.4, -0.2) is 38.5 Å². The standard InChI is InChI=1S/C26H25FN6O/c27-22-9-7-20(8-10-22)23-24(33(18-30-23)17-19-5-2-1-3-6-19)31-25(34)21-11-15-32(16-12-21)26-28-13-4-14-29-26/h1-10,13-14,18,21H,11-12,15-17H2,(H,31,34). The highest BCUT2D eigenvalue weighted by Crippen LogP contribution is 2.29. The maximum Gasteiger partial charge on any atom is 0.228 e.